The fraction of sp³-hybridized carbons (Fsp3) is 0.500. The Labute approximate surface area is 104 Å². The van der Waals surface area contributed by atoms with Crippen molar-refractivity contribution in [2.75, 3.05) is 0 Å². The molecule has 0 N–H and O–H groups in total. The number of halogens is 2. The van der Waals surface area contributed by atoms with Crippen molar-refractivity contribution in [2.45, 2.75) is 39.9 Å². The minimum atomic E-state index is -0.348. The molecule has 1 rings (SSSR count). The van der Waals surface area contributed by atoms with Crippen molar-refractivity contribution in [3.8, 4) is 11.5 Å². The molecule has 0 fully saturated rings. The van der Waals surface area contributed by atoms with Crippen LogP contribution in [0, 0.1) is 5.82 Å². The van der Waals surface area contributed by atoms with Gasteiger partial charge in [-0.1, -0.05) is 0 Å². The average molecular weight is 291 g/mol. The first-order chi connectivity index (χ1) is 7.40. The fourth-order valence-electron chi connectivity index (χ4n) is 1.23. The van der Waals surface area contributed by atoms with Crippen LogP contribution in [-0.2, 0) is 0 Å². The maximum atomic E-state index is 13.2. The van der Waals surface area contributed by atoms with Crippen molar-refractivity contribution in [3.63, 3.8) is 0 Å². The van der Waals surface area contributed by atoms with Crippen LogP contribution in [0.25, 0.3) is 0 Å². The molecule has 0 heterocycles. The van der Waals surface area contributed by atoms with Gasteiger partial charge in [0.15, 0.2) is 11.5 Å². The SMILES string of the molecule is CC(C)Oc1cc(F)cc(Br)c1OC(C)C. The van der Waals surface area contributed by atoms with Gasteiger partial charge in [0.2, 0.25) is 0 Å². The van der Waals surface area contributed by atoms with Gasteiger partial charge in [0, 0.05) is 6.07 Å². The highest BCUT2D eigenvalue weighted by Gasteiger charge is 2.14. The number of benzene rings is 1. The molecule has 0 amide bonds. The van der Waals surface area contributed by atoms with Crippen molar-refractivity contribution in [1.82, 2.24) is 0 Å². The van der Waals surface area contributed by atoms with Gasteiger partial charge < -0.3 is 9.47 Å². The summed E-state index contributed by atoms with van der Waals surface area (Å²) >= 11 is 3.27. The molecule has 0 aliphatic carbocycles. The Morgan fingerprint density at radius 1 is 1.06 bits per heavy atom. The summed E-state index contributed by atoms with van der Waals surface area (Å²) in [5.74, 6) is 0.624. The third-order valence-corrected chi connectivity index (χ3v) is 2.28. The summed E-state index contributed by atoms with van der Waals surface area (Å²) in [7, 11) is 0. The van der Waals surface area contributed by atoms with Crippen LogP contribution in [0.2, 0.25) is 0 Å². The number of ether oxygens (including phenoxy) is 2. The lowest BCUT2D eigenvalue weighted by Crippen LogP contribution is -2.11. The van der Waals surface area contributed by atoms with Gasteiger partial charge in [-0.05, 0) is 49.7 Å². The predicted molar refractivity (Wildman–Crippen MR) is 65.6 cm³/mol. The lowest BCUT2D eigenvalue weighted by molar-refractivity contribution is 0.196. The zero-order valence-corrected chi connectivity index (χ0v) is 11.5. The molecule has 0 aromatic heterocycles. The van der Waals surface area contributed by atoms with Crippen LogP contribution in [0.3, 0.4) is 0 Å². The molecule has 16 heavy (non-hydrogen) atoms. The van der Waals surface area contributed by atoms with E-state index in [1.165, 1.54) is 12.1 Å². The highest BCUT2D eigenvalue weighted by Crippen LogP contribution is 2.37. The summed E-state index contributed by atoms with van der Waals surface area (Å²) in [6, 6.07) is 2.70. The Morgan fingerprint density at radius 2 is 1.62 bits per heavy atom. The Balaban J connectivity index is 3.10. The van der Waals surface area contributed by atoms with E-state index in [1.807, 2.05) is 27.7 Å². The molecule has 0 aliphatic rings. The minimum Gasteiger partial charge on any atom is -0.487 e. The van der Waals surface area contributed by atoms with E-state index in [-0.39, 0.29) is 18.0 Å². The first-order valence-corrected chi connectivity index (χ1v) is 6.01. The van der Waals surface area contributed by atoms with E-state index in [9.17, 15) is 4.39 Å². The number of rotatable bonds is 4. The Morgan fingerprint density at radius 3 is 2.12 bits per heavy atom. The van der Waals surface area contributed by atoms with Crippen LogP contribution in [0.5, 0.6) is 11.5 Å². The van der Waals surface area contributed by atoms with Crippen LogP contribution in [0.15, 0.2) is 16.6 Å². The third kappa shape index (κ3) is 3.67. The molecule has 0 bridgehead atoms. The van der Waals surface area contributed by atoms with Crippen molar-refractivity contribution >= 4 is 15.9 Å². The van der Waals surface area contributed by atoms with Crippen molar-refractivity contribution < 1.29 is 13.9 Å². The molecule has 0 saturated carbocycles. The second kappa shape index (κ2) is 5.53. The molecule has 1 aromatic carbocycles. The molecular formula is C12H16BrFO2. The summed E-state index contributed by atoms with van der Waals surface area (Å²) < 4.78 is 24.9. The molecule has 90 valence electrons. The summed E-state index contributed by atoms with van der Waals surface area (Å²) in [5.41, 5.74) is 0. The van der Waals surface area contributed by atoms with Gasteiger partial charge in [-0.15, -0.1) is 0 Å². The standard InChI is InChI=1S/C12H16BrFO2/c1-7(2)15-11-6-9(14)5-10(13)12(11)16-8(3)4/h5-8H,1-4H3. The summed E-state index contributed by atoms with van der Waals surface area (Å²) in [4.78, 5) is 0. The molecule has 0 unspecified atom stereocenters. The van der Waals surface area contributed by atoms with Crippen LogP contribution in [-0.4, -0.2) is 12.2 Å². The third-order valence-electron chi connectivity index (χ3n) is 1.69. The number of hydrogen-bond acceptors (Lipinski definition) is 2. The topological polar surface area (TPSA) is 18.5 Å². The monoisotopic (exact) mass is 290 g/mol. The zero-order valence-electron chi connectivity index (χ0n) is 9.88. The lowest BCUT2D eigenvalue weighted by Gasteiger charge is -2.18. The van der Waals surface area contributed by atoms with Gasteiger partial charge in [0.05, 0.1) is 16.7 Å². The van der Waals surface area contributed by atoms with Gasteiger partial charge in [-0.2, -0.15) is 0 Å². The maximum Gasteiger partial charge on any atom is 0.175 e. The quantitative estimate of drug-likeness (QED) is 0.829. The Kier molecular flexibility index (Phi) is 4.59. The molecule has 0 saturated heterocycles. The molecular weight excluding hydrogens is 275 g/mol. The van der Waals surface area contributed by atoms with E-state index in [2.05, 4.69) is 15.9 Å². The highest BCUT2D eigenvalue weighted by atomic mass is 79.9. The van der Waals surface area contributed by atoms with Crippen molar-refractivity contribution in [2.24, 2.45) is 0 Å². The van der Waals surface area contributed by atoms with Crippen LogP contribution >= 0.6 is 15.9 Å². The minimum absolute atomic E-state index is 0.0104. The second-order valence-corrected chi connectivity index (χ2v) is 4.90. The van der Waals surface area contributed by atoms with Crippen molar-refractivity contribution in [1.29, 1.82) is 0 Å². The first kappa shape index (κ1) is 13.3. The van der Waals surface area contributed by atoms with Crippen LogP contribution < -0.4 is 9.47 Å². The van der Waals surface area contributed by atoms with Crippen LogP contribution in [0.4, 0.5) is 4.39 Å². The maximum absolute atomic E-state index is 13.2. The first-order valence-electron chi connectivity index (χ1n) is 5.22. The zero-order chi connectivity index (χ0) is 12.3. The second-order valence-electron chi connectivity index (χ2n) is 4.05. The molecule has 4 heteroatoms. The van der Waals surface area contributed by atoms with Gasteiger partial charge >= 0.3 is 0 Å². The Hall–Kier alpha value is -0.770. The van der Waals surface area contributed by atoms with E-state index in [4.69, 9.17) is 9.47 Å². The van der Waals surface area contributed by atoms with Gasteiger partial charge in [0.25, 0.3) is 0 Å². The molecule has 2 nitrogen and oxygen atoms in total. The van der Waals surface area contributed by atoms with E-state index in [1.54, 1.807) is 0 Å². The van der Waals surface area contributed by atoms with E-state index in [0.29, 0.717) is 16.0 Å². The molecule has 0 aliphatic heterocycles. The summed E-state index contributed by atoms with van der Waals surface area (Å²) in [6.45, 7) is 7.60. The summed E-state index contributed by atoms with van der Waals surface area (Å²) in [6.07, 6.45) is -0.0144. The van der Waals surface area contributed by atoms with Gasteiger partial charge in [-0.3, -0.25) is 0 Å². The molecule has 0 radical (unpaired) electrons. The smallest absolute Gasteiger partial charge is 0.175 e. The number of hydrogen-bond donors (Lipinski definition) is 0. The van der Waals surface area contributed by atoms with E-state index >= 15 is 0 Å². The fourth-order valence-corrected chi connectivity index (χ4v) is 1.74. The largest absolute Gasteiger partial charge is 0.487 e. The summed E-state index contributed by atoms with van der Waals surface area (Å²) in [5, 5.41) is 0. The van der Waals surface area contributed by atoms with E-state index in [0.717, 1.165) is 0 Å². The molecule has 0 spiro atoms. The van der Waals surface area contributed by atoms with Crippen molar-refractivity contribution in [3.05, 3.63) is 22.4 Å². The highest BCUT2D eigenvalue weighted by molar-refractivity contribution is 9.10. The normalized spacial score (nSPS) is 11.0. The van der Waals surface area contributed by atoms with E-state index < -0.39 is 0 Å². The van der Waals surface area contributed by atoms with Gasteiger partial charge in [0.1, 0.15) is 5.82 Å². The lowest BCUT2D eigenvalue weighted by atomic mass is 10.3. The molecule has 0 atom stereocenters. The average Bonchev–Trinajstić information content (AvgIpc) is 2.09. The Bertz CT molecular complexity index is 364. The molecule has 1 aromatic rings. The predicted octanol–water partition coefficient (Wildman–Crippen LogP) is 4.16. The van der Waals surface area contributed by atoms with Crippen LogP contribution in [0.1, 0.15) is 27.7 Å². The van der Waals surface area contributed by atoms with Gasteiger partial charge in [-0.25, -0.2) is 4.39 Å².